The van der Waals surface area contributed by atoms with E-state index >= 15 is 0 Å². The van der Waals surface area contributed by atoms with Crippen LogP contribution in [0, 0.1) is 11.8 Å². The van der Waals surface area contributed by atoms with Gasteiger partial charge in [0.1, 0.15) is 30.3 Å². The Bertz CT molecular complexity index is 1520. The molecule has 1 saturated carbocycles. The number of aliphatic carboxylic acids is 1. The Kier molecular flexibility index (Phi) is 11.4. The van der Waals surface area contributed by atoms with Crippen molar-refractivity contribution in [2.75, 3.05) is 13.1 Å². The molecule has 2 N–H and O–H groups in total. The number of hydrogen-bond donors (Lipinski definition) is 2. The van der Waals surface area contributed by atoms with E-state index in [1.54, 1.807) is 0 Å². The minimum absolute atomic E-state index is 0.0903. The summed E-state index contributed by atoms with van der Waals surface area (Å²) in [6, 6.07) is 23.4. The normalized spacial score (nSPS) is 17.9. The molecule has 0 unspecified atom stereocenters. The average Bonchev–Trinajstić information content (AvgIpc) is 3.78. The quantitative estimate of drug-likeness (QED) is 0.175. The van der Waals surface area contributed by atoms with E-state index in [1.165, 1.54) is 0 Å². The van der Waals surface area contributed by atoms with E-state index in [4.69, 9.17) is 9.47 Å². The Morgan fingerprint density at radius 1 is 0.894 bits per heavy atom. The Labute approximate surface area is 280 Å². The van der Waals surface area contributed by atoms with Gasteiger partial charge in [-0.25, -0.2) is 0 Å². The second kappa shape index (κ2) is 15.7. The third kappa shape index (κ3) is 8.25. The molecule has 3 aromatic rings. The summed E-state index contributed by atoms with van der Waals surface area (Å²) in [4.78, 5) is 29.3. The first-order valence-corrected chi connectivity index (χ1v) is 17.1. The summed E-state index contributed by atoms with van der Waals surface area (Å²) in [5.74, 6) is 0.483. The SMILES string of the molecule is C=C(C)c1cc(C(=O)N2CCC[C@@H]2CN[C@](CC(C)C)(C(=O)O)C2CCCC2)c(OCc2ccccc2)cc1OCc1ccccc1. The molecule has 1 amide bonds. The van der Waals surface area contributed by atoms with Gasteiger partial charge in [0.25, 0.3) is 5.91 Å². The van der Waals surface area contributed by atoms with Crippen LogP contribution < -0.4 is 14.8 Å². The van der Waals surface area contributed by atoms with Crippen LogP contribution in [0.3, 0.4) is 0 Å². The maximum absolute atomic E-state index is 14.5. The third-order valence-electron chi connectivity index (χ3n) is 9.70. The van der Waals surface area contributed by atoms with Crippen LogP contribution in [0.5, 0.6) is 11.5 Å². The van der Waals surface area contributed by atoms with Gasteiger partial charge >= 0.3 is 5.97 Å². The van der Waals surface area contributed by atoms with Crippen LogP contribution in [-0.4, -0.2) is 46.6 Å². The molecule has 1 aliphatic carbocycles. The number of amides is 1. The number of benzene rings is 3. The number of carbonyl (C=O) groups is 2. The van der Waals surface area contributed by atoms with Crippen LogP contribution in [0.2, 0.25) is 0 Å². The Morgan fingerprint density at radius 2 is 1.47 bits per heavy atom. The number of carbonyl (C=O) groups excluding carboxylic acids is 1. The van der Waals surface area contributed by atoms with Crippen molar-refractivity contribution in [2.45, 2.75) is 90.5 Å². The highest BCUT2D eigenvalue weighted by Gasteiger charge is 2.47. The van der Waals surface area contributed by atoms with E-state index in [0.29, 0.717) is 49.8 Å². The van der Waals surface area contributed by atoms with Crippen molar-refractivity contribution < 1.29 is 24.2 Å². The van der Waals surface area contributed by atoms with Crippen LogP contribution in [0.4, 0.5) is 0 Å². The van der Waals surface area contributed by atoms with Gasteiger partial charge in [-0.15, -0.1) is 0 Å². The summed E-state index contributed by atoms with van der Waals surface area (Å²) in [7, 11) is 0. The van der Waals surface area contributed by atoms with Crippen molar-refractivity contribution in [3.8, 4) is 11.5 Å². The van der Waals surface area contributed by atoms with Gasteiger partial charge in [-0.05, 0) is 73.6 Å². The number of hydrogen-bond acceptors (Lipinski definition) is 5. The molecule has 0 spiro atoms. The molecule has 5 rings (SSSR count). The fourth-order valence-corrected chi connectivity index (χ4v) is 7.32. The number of likely N-dealkylation sites (tertiary alicyclic amines) is 1. The van der Waals surface area contributed by atoms with E-state index in [0.717, 1.165) is 60.8 Å². The molecule has 250 valence electrons. The largest absolute Gasteiger partial charge is 0.488 e. The predicted octanol–water partition coefficient (Wildman–Crippen LogP) is 8.13. The third-order valence-corrected chi connectivity index (χ3v) is 9.70. The predicted molar refractivity (Wildman–Crippen MR) is 187 cm³/mol. The molecule has 2 aliphatic rings. The number of nitrogens with zero attached hydrogens (tertiary/aromatic N) is 1. The molecule has 0 radical (unpaired) electrons. The lowest BCUT2D eigenvalue weighted by atomic mass is 9.76. The van der Waals surface area contributed by atoms with Crippen LogP contribution in [0.25, 0.3) is 5.57 Å². The van der Waals surface area contributed by atoms with Crippen molar-refractivity contribution in [1.82, 2.24) is 10.2 Å². The number of carboxylic acids is 1. The lowest BCUT2D eigenvalue weighted by Crippen LogP contribution is -2.60. The Morgan fingerprint density at radius 3 is 2.00 bits per heavy atom. The first-order valence-electron chi connectivity index (χ1n) is 17.1. The summed E-state index contributed by atoms with van der Waals surface area (Å²) in [6.07, 6.45) is 6.21. The van der Waals surface area contributed by atoms with Crippen LogP contribution in [0.15, 0.2) is 79.4 Å². The number of nitrogens with one attached hydrogen (secondary N) is 1. The highest BCUT2D eigenvalue weighted by Crippen LogP contribution is 2.39. The Balaban J connectivity index is 1.43. The molecule has 1 aliphatic heterocycles. The van der Waals surface area contributed by atoms with E-state index in [9.17, 15) is 14.7 Å². The second-order valence-corrected chi connectivity index (χ2v) is 13.7. The molecule has 7 heteroatoms. The molecule has 0 aromatic heterocycles. The van der Waals surface area contributed by atoms with Gasteiger partial charge in [0.15, 0.2) is 0 Å². The van der Waals surface area contributed by atoms with Crippen molar-refractivity contribution in [3.05, 3.63) is 102 Å². The monoisotopic (exact) mass is 638 g/mol. The van der Waals surface area contributed by atoms with Gasteiger partial charge in [0.05, 0.1) is 5.56 Å². The lowest BCUT2D eigenvalue weighted by Gasteiger charge is -2.39. The maximum Gasteiger partial charge on any atom is 0.324 e. The smallest absolute Gasteiger partial charge is 0.324 e. The van der Waals surface area contributed by atoms with Crippen molar-refractivity contribution in [3.63, 3.8) is 0 Å². The highest BCUT2D eigenvalue weighted by atomic mass is 16.5. The molecule has 3 aromatic carbocycles. The average molecular weight is 639 g/mol. The maximum atomic E-state index is 14.5. The van der Waals surface area contributed by atoms with E-state index in [1.807, 2.05) is 84.6 Å². The molecule has 2 atom stereocenters. The molecular formula is C40H50N2O5. The molecule has 47 heavy (non-hydrogen) atoms. The van der Waals surface area contributed by atoms with Crippen LogP contribution >= 0.6 is 0 Å². The summed E-state index contributed by atoms with van der Waals surface area (Å²) in [5.41, 5.74) is 3.04. The number of rotatable bonds is 15. The van der Waals surface area contributed by atoms with Crippen LogP contribution in [0.1, 0.15) is 92.8 Å². The van der Waals surface area contributed by atoms with Gasteiger partial charge in [0.2, 0.25) is 0 Å². The van der Waals surface area contributed by atoms with E-state index in [-0.39, 0.29) is 23.8 Å². The zero-order chi connectivity index (χ0) is 33.4. The van der Waals surface area contributed by atoms with Crippen molar-refractivity contribution in [1.29, 1.82) is 0 Å². The number of allylic oxidation sites excluding steroid dienone is 1. The van der Waals surface area contributed by atoms with Crippen molar-refractivity contribution in [2.24, 2.45) is 11.8 Å². The molecule has 2 fully saturated rings. The van der Waals surface area contributed by atoms with Gasteiger partial charge in [-0.3, -0.25) is 14.9 Å². The fraction of sp³-hybridized carbons (Fsp3) is 0.450. The lowest BCUT2D eigenvalue weighted by molar-refractivity contribution is -0.148. The van der Waals surface area contributed by atoms with Crippen molar-refractivity contribution >= 4 is 17.4 Å². The van der Waals surface area contributed by atoms with Crippen LogP contribution in [-0.2, 0) is 18.0 Å². The number of ether oxygens (including phenoxy) is 2. The minimum Gasteiger partial charge on any atom is -0.488 e. The summed E-state index contributed by atoms with van der Waals surface area (Å²) < 4.78 is 12.7. The summed E-state index contributed by atoms with van der Waals surface area (Å²) >= 11 is 0. The molecule has 1 heterocycles. The first kappa shape index (κ1) is 34.2. The zero-order valence-electron chi connectivity index (χ0n) is 28.2. The first-order chi connectivity index (χ1) is 22.7. The van der Waals surface area contributed by atoms with E-state index < -0.39 is 11.5 Å². The minimum atomic E-state index is -0.989. The highest BCUT2D eigenvalue weighted by molar-refractivity contribution is 5.99. The zero-order valence-corrected chi connectivity index (χ0v) is 28.2. The fourth-order valence-electron chi connectivity index (χ4n) is 7.32. The van der Waals surface area contributed by atoms with Gasteiger partial charge in [-0.2, -0.15) is 0 Å². The van der Waals surface area contributed by atoms with E-state index in [2.05, 4.69) is 25.7 Å². The number of carboxylic acid groups (broad SMARTS) is 1. The summed E-state index contributed by atoms with van der Waals surface area (Å²) in [5, 5.41) is 14.2. The molecular weight excluding hydrogens is 588 g/mol. The molecule has 0 bridgehead atoms. The summed E-state index contributed by atoms with van der Waals surface area (Å²) in [6.45, 7) is 12.0. The molecule has 7 nitrogen and oxygen atoms in total. The molecule has 1 saturated heterocycles. The standard InChI is InChI=1S/C40H50N2O5/c1-28(2)24-40(39(44)45,32-18-11-12-19-32)41-25-33-20-13-21-42(33)38(43)35-22-34(29(3)4)36(46-26-30-14-7-5-8-15-30)23-37(35)47-27-31-16-9-6-10-17-31/h5-10,14-17,22-23,28,32-33,41H,3,11-13,18-21,24-27H2,1-2,4H3,(H,44,45)/t33-,40+/m1/s1. The van der Waals surface area contributed by atoms with Gasteiger partial charge in [0, 0.05) is 30.8 Å². The Hall–Kier alpha value is -4.10. The topological polar surface area (TPSA) is 88.1 Å². The van der Waals surface area contributed by atoms with Gasteiger partial charge < -0.3 is 19.5 Å². The van der Waals surface area contributed by atoms with Gasteiger partial charge in [-0.1, -0.05) is 93.9 Å². The second-order valence-electron chi connectivity index (χ2n) is 13.7.